The van der Waals surface area contributed by atoms with Gasteiger partial charge in [-0.25, -0.2) is 4.98 Å². The Labute approximate surface area is 106 Å². The number of anilines is 1. The fourth-order valence-corrected chi connectivity index (χ4v) is 2.75. The lowest BCUT2D eigenvalue weighted by Gasteiger charge is -2.27. The van der Waals surface area contributed by atoms with Crippen molar-refractivity contribution in [2.24, 2.45) is 12.8 Å². The van der Waals surface area contributed by atoms with Crippen LogP contribution in [0.15, 0.2) is 18.5 Å². The van der Waals surface area contributed by atoms with Gasteiger partial charge in [-0.2, -0.15) is 5.10 Å². The highest BCUT2D eigenvalue weighted by molar-refractivity contribution is 5.88. The number of fused-ring (bicyclic) bond motifs is 1. The lowest BCUT2D eigenvalue weighted by Crippen LogP contribution is -2.35. The zero-order valence-corrected chi connectivity index (χ0v) is 10.6. The van der Waals surface area contributed by atoms with Gasteiger partial charge in [0.2, 0.25) is 0 Å². The van der Waals surface area contributed by atoms with Crippen molar-refractivity contribution in [2.45, 2.75) is 37.8 Å². The van der Waals surface area contributed by atoms with Gasteiger partial charge in [0.1, 0.15) is 5.82 Å². The van der Waals surface area contributed by atoms with Gasteiger partial charge in [0, 0.05) is 25.3 Å². The predicted molar refractivity (Wildman–Crippen MR) is 72.4 cm³/mol. The van der Waals surface area contributed by atoms with E-state index in [2.05, 4.69) is 15.4 Å². The largest absolute Gasteiger partial charge is 0.367 e. The summed E-state index contributed by atoms with van der Waals surface area (Å²) in [6, 6.07) is 2.75. The molecule has 96 valence electrons. The first kappa shape index (κ1) is 11.5. The lowest BCUT2D eigenvalue weighted by molar-refractivity contribution is 0.409. The summed E-state index contributed by atoms with van der Waals surface area (Å²) in [6.07, 6.45) is 8.23. The summed E-state index contributed by atoms with van der Waals surface area (Å²) in [7, 11) is 1.95. The molecule has 2 heterocycles. The van der Waals surface area contributed by atoms with E-state index in [1.807, 2.05) is 30.2 Å². The summed E-state index contributed by atoms with van der Waals surface area (Å²) in [6.45, 7) is 0. The van der Waals surface area contributed by atoms with Crippen LogP contribution in [0.25, 0.3) is 10.9 Å². The molecule has 0 bridgehead atoms. The Bertz CT molecular complexity index is 547. The number of nitrogens with zero attached hydrogens (tertiary/aromatic N) is 3. The average molecular weight is 245 g/mol. The molecule has 2 aromatic rings. The molecule has 1 fully saturated rings. The average Bonchev–Trinajstić information content (AvgIpc) is 2.73. The molecule has 5 heteroatoms. The fraction of sp³-hybridized carbons (Fsp3) is 0.538. The number of aryl methyl sites for hydroxylation is 1. The number of aromatic nitrogens is 3. The molecule has 0 radical (unpaired) electrons. The molecule has 0 aromatic carbocycles. The number of nitrogens with two attached hydrogens (primary N) is 1. The molecule has 2 aromatic heterocycles. The van der Waals surface area contributed by atoms with Gasteiger partial charge in [0.05, 0.1) is 17.1 Å². The van der Waals surface area contributed by atoms with E-state index >= 15 is 0 Å². The van der Waals surface area contributed by atoms with Gasteiger partial charge in [-0.1, -0.05) is 0 Å². The molecular formula is C13H19N5. The maximum Gasteiger partial charge on any atom is 0.137 e. The molecule has 2 atom stereocenters. The number of rotatable bonds is 2. The van der Waals surface area contributed by atoms with Crippen LogP contribution in [0.1, 0.15) is 25.7 Å². The summed E-state index contributed by atoms with van der Waals surface area (Å²) >= 11 is 0. The van der Waals surface area contributed by atoms with Crippen molar-refractivity contribution < 1.29 is 0 Å². The summed E-state index contributed by atoms with van der Waals surface area (Å²) < 4.78 is 1.87. The van der Waals surface area contributed by atoms with Gasteiger partial charge >= 0.3 is 0 Å². The number of hydrogen-bond donors (Lipinski definition) is 2. The van der Waals surface area contributed by atoms with Gasteiger partial charge in [-0.15, -0.1) is 0 Å². The Morgan fingerprint density at radius 2 is 2.33 bits per heavy atom. The fourth-order valence-electron chi connectivity index (χ4n) is 2.75. The molecule has 0 amide bonds. The molecule has 0 aliphatic heterocycles. The Balaban J connectivity index is 1.86. The van der Waals surface area contributed by atoms with E-state index < -0.39 is 0 Å². The van der Waals surface area contributed by atoms with Crippen LogP contribution >= 0.6 is 0 Å². The molecule has 1 aliphatic carbocycles. The second kappa shape index (κ2) is 4.57. The van der Waals surface area contributed by atoms with Crippen LogP contribution in [0.2, 0.25) is 0 Å². The van der Waals surface area contributed by atoms with Crippen LogP contribution < -0.4 is 11.1 Å². The monoisotopic (exact) mass is 245 g/mol. The van der Waals surface area contributed by atoms with Crippen molar-refractivity contribution in [3.63, 3.8) is 0 Å². The van der Waals surface area contributed by atoms with Gasteiger partial charge in [0.25, 0.3) is 0 Å². The Hall–Kier alpha value is -1.62. The Kier molecular flexibility index (Phi) is 2.91. The maximum absolute atomic E-state index is 6.02. The normalized spacial score (nSPS) is 24.3. The van der Waals surface area contributed by atoms with Crippen LogP contribution in [0.4, 0.5) is 5.82 Å². The summed E-state index contributed by atoms with van der Waals surface area (Å²) in [5.41, 5.74) is 7.12. The molecule has 3 N–H and O–H groups in total. The standard InChI is InChI=1S/C13H19N5/c1-18-12-5-6-15-13(11(12)8-16-18)17-10-4-2-3-9(14)7-10/h5-6,8-10H,2-4,7,14H2,1H3,(H,15,17)/t9-,10+/m0/s1. The highest BCUT2D eigenvalue weighted by Crippen LogP contribution is 2.24. The molecule has 1 saturated carbocycles. The lowest BCUT2D eigenvalue weighted by atomic mass is 9.91. The topological polar surface area (TPSA) is 68.8 Å². The number of nitrogens with one attached hydrogen (secondary N) is 1. The van der Waals surface area contributed by atoms with Crippen LogP contribution in [-0.2, 0) is 7.05 Å². The van der Waals surface area contributed by atoms with E-state index in [4.69, 9.17) is 5.73 Å². The Morgan fingerprint density at radius 3 is 3.17 bits per heavy atom. The molecule has 0 unspecified atom stereocenters. The van der Waals surface area contributed by atoms with E-state index in [-0.39, 0.29) is 0 Å². The van der Waals surface area contributed by atoms with Gasteiger partial charge in [0.15, 0.2) is 0 Å². The van der Waals surface area contributed by atoms with E-state index in [0.717, 1.165) is 29.6 Å². The van der Waals surface area contributed by atoms with Crippen LogP contribution in [0.3, 0.4) is 0 Å². The summed E-state index contributed by atoms with van der Waals surface area (Å²) in [5.74, 6) is 0.930. The smallest absolute Gasteiger partial charge is 0.137 e. The minimum Gasteiger partial charge on any atom is -0.367 e. The van der Waals surface area contributed by atoms with Crippen molar-refractivity contribution in [3.8, 4) is 0 Å². The molecule has 0 saturated heterocycles. The summed E-state index contributed by atoms with van der Waals surface area (Å²) in [4.78, 5) is 4.43. The van der Waals surface area contributed by atoms with Crippen molar-refractivity contribution in [2.75, 3.05) is 5.32 Å². The van der Waals surface area contributed by atoms with Crippen molar-refractivity contribution in [1.82, 2.24) is 14.8 Å². The second-order valence-corrected chi connectivity index (χ2v) is 5.13. The van der Waals surface area contributed by atoms with E-state index in [1.54, 1.807) is 0 Å². The minimum absolute atomic E-state index is 0.323. The van der Waals surface area contributed by atoms with Crippen molar-refractivity contribution in [3.05, 3.63) is 18.5 Å². The van der Waals surface area contributed by atoms with E-state index in [9.17, 15) is 0 Å². The third-order valence-electron chi connectivity index (χ3n) is 3.73. The van der Waals surface area contributed by atoms with E-state index in [1.165, 1.54) is 12.8 Å². The van der Waals surface area contributed by atoms with Crippen LogP contribution in [0.5, 0.6) is 0 Å². The third kappa shape index (κ3) is 2.06. The zero-order valence-electron chi connectivity index (χ0n) is 10.6. The number of pyridine rings is 1. The minimum atomic E-state index is 0.323. The summed E-state index contributed by atoms with van der Waals surface area (Å²) in [5, 5.41) is 8.88. The highest BCUT2D eigenvalue weighted by atomic mass is 15.3. The van der Waals surface area contributed by atoms with Crippen molar-refractivity contribution >= 4 is 16.7 Å². The van der Waals surface area contributed by atoms with Gasteiger partial charge in [-0.05, 0) is 31.7 Å². The zero-order chi connectivity index (χ0) is 12.5. The highest BCUT2D eigenvalue weighted by Gasteiger charge is 2.20. The molecule has 5 nitrogen and oxygen atoms in total. The first-order chi connectivity index (χ1) is 8.74. The Morgan fingerprint density at radius 1 is 1.44 bits per heavy atom. The molecule has 1 aliphatic rings. The maximum atomic E-state index is 6.02. The second-order valence-electron chi connectivity index (χ2n) is 5.13. The van der Waals surface area contributed by atoms with Crippen LogP contribution in [-0.4, -0.2) is 26.8 Å². The first-order valence-corrected chi connectivity index (χ1v) is 6.53. The van der Waals surface area contributed by atoms with Crippen LogP contribution in [0, 0.1) is 0 Å². The first-order valence-electron chi connectivity index (χ1n) is 6.53. The molecular weight excluding hydrogens is 226 g/mol. The van der Waals surface area contributed by atoms with E-state index in [0.29, 0.717) is 12.1 Å². The number of hydrogen-bond acceptors (Lipinski definition) is 4. The van der Waals surface area contributed by atoms with Gasteiger partial charge in [-0.3, -0.25) is 4.68 Å². The quantitative estimate of drug-likeness (QED) is 0.844. The SMILES string of the molecule is Cn1ncc2c(N[C@@H]3CCC[C@H](N)C3)nccc21. The van der Waals surface area contributed by atoms with Gasteiger partial charge < -0.3 is 11.1 Å². The molecule has 18 heavy (non-hydrogen) atoms. The third-order valence-corrected chi connectivity index (χ3v) is 3.73. The molecule has 3 rings (SSSR count). The predicted octanol–water partition coefficient (Wildman–Crippen LogP) is 1.65. The molecule has 0 spiro atoms. The van der Waals surface area contributed by atoms with Crippen molar-refractivity contribution in [1.29, 1.82) is 0 Å².